The summed E-state index contributed by atoms with van der Waals surface area (Å²) < 4.78 is 24.0. The molecule has 1 heterocycles. The fourth-order valence-corrected chi connectivity index (χ4v) is 2.77. The van der Waals surface area contributed by atoms with Gasteiger partial charge in [-0.1, -0.05) is 12.1 Å². The van der Waals surface area contributed by atoms with Gasteiger partial charge in [0.2, 0.25) is 18.6 Å². The first-order valence-electron chi connectivity index (χ1n) is 7.88. The van der Waals surface area contributed by atoms with Crippen molar-refractivity contribution >= 4 is 23.2 Å². The van der Waals surface area contributed by atoms with Crippen LogP contribution in [0.1, 0.15) is 6.42 Å². The molecule has 2 atom stereocenters. The van der Waals surface area contributed by atoms with Crippen molar-refractivity contribution in [1.82, 2.24) is 0 Å². The highest BCUT2D eigenvalue weighted by atomic mass is 19.1. The van der Waals surface area contributed by atoms with Crippen LogP contribution in [0.4, 0.5) is 15.8 Å². The van der Waals surface area contributed by atoms with Crippen LogP contribution in [0.2, 0.25) is 0 Å². The number of para-hydroxylation sites is 1. The third-order valence-electron chi connectivity index (χ3n) is 4.24. The van der Waals surface area contributed by atoms with Gasteiger partial charge in [-0.25, -0.2) is 4.39 Å². The molecular weight excluding hydrogens is 327 g/mol. The van der Waals surface area contributed by atoms with Crippen LogP contribution in [-0.2, 0) is 9.59 Å². The van der Waals surface area contributed by atoms with Gasteiger partial charge in [0.05, 0.1) is 17.5 Å². The monoisotopic (exact) mass is 342 g/mol. The summed E-state index contributed by atoms with van der Waals surface area (Å²) in [7, 11) is 0. The van der Waals surface area contributed by atoms with Gasteiger partial charge in [-0.2, -0.15) is 0 Å². The van der Waals surface area contributed by atoms with Crippen LogP contribution in [0.25, 0.3) is 0 Å². The Morgan fingerprint density at radius 2 is 1.68 bits per heavy atom. The van der Waals surface area contributed by atoms with Gasteiger partial charge in [-0.3, -0.25) is 9.59 Å². The molecule has 25 heavy (non-hydrogen) atoms. The topological polar surface area (TPSA) is 76.7 Å². The third-order valence-corrected chi connectivity index (χ3v) is 4.24. The van der Waals surface area contributed by atoms with E-state index in [9.17, 15) is 14.0 Å². The number of halogens is 1. The van der Waals surface area contributed by atoms with E-state index in [1.807, 2.05) is 0 Å². The minimum atomic E-state index is -0.502. The molecule has 0 aromatic heterocycles. The minimum Gasteiger partial charge on any atom is -0.454 e. The normalized spacial score (nSPS) is 20.0. The smallest absolute Gasteiger partial charge is 0.231 e. The molecule has 4 rings (SSSR count). The minimum absolute atomic E-state index is 0.120. The lowest BCUT2D eigenvalue weighted by Gasteiger charge is -2.07. The molecule has 128 valence electrons. The predicted molar refractivity (Wildman–Crippen MR) is 87.8 cm³/mol. The van der Waals surface area contributed by atoms with Gasteiger partial charge in [0.15, 0.2) is 11.5 Å². The van der Waals surface area contributed by atoms with Crippen molar-refractivity contribution in [3.63, 3.8) is 0 Å². The molecule has 2 unspecified atom stereocenters. The van der Waals surface area contributed by atoms with E-state index in [0.29, 0.717) is 23.6 Å². The summed E-state index contributed by atoms with van der Waals surface area (Å²) in [6.07, 6.45) is 0.441. The third kappa shape index (κ3) is 3.13. The number of hydrogen-bond donors (Lipinski definition) is 2. The second-order valence-electron chi connectivity index (χ2n) is 5.98. The number of ether oxygens (including phenoxy) is 2. The Hall–Kier alpha value is -3.09. The molecule has 1 aliphatic heterocycles. The number of carbonyl (C=O) groups excluding carboxylic acids is 2. The predicted octanol–water partition coefficient (Wildman–Crippen LogP) is 2.77. The van der Waals surface area contributed by atoms with Crippen LogP contribution >= 0.6 is 0 Å². The maximum absolute atomic E-state index is 13.6. The molecule has 1 saturated carbocycles. The van der Waals surface area contributed by atoms with E-state index in [2.05, 4.69) is 10.6 Å². The van der Waals surface area contributed by atoms with Crippen LogP contribution in [0.15, 0.2) is 42.5 Å². The van der Waals surface area contributed by atoms with Gasteiger partial charge in [0.25, 0.3) is 0 Å². The van der Waals surface area contributed by atoms with Crippen LogP contribution in [-0.4, -0.2) is 18.6 Å². The Bertz CT molecular complexity index is 855. The molecule has 2 N–H and O–H groups in total. The van der Waals surface area contributed by atoms with E-state index >= 15 is 0 Å². The largest absolute Gasteiger partial charge is 0.454 e. The van der Waals surface area contributed by atoms with E-state index in [1.54, 1.807) is 30.3 Å². The molecule has 2 aliphatic rings. The number of nitrogens with one attached hydrogen (secondary N) is 2. The fourth-order valence-electron chi connectivity index (χ4n) is 2.77. The van der Waals surface area contributed by atoms with Gasteiger partial charge in [-0.05, 0) is 30.7 Å². The molecule has 0 spiro atoms. The quantitative estimate of drug-likeness (QED) is 0.896. The van der Waals surface area contributed by atoms with E-state index in [4.69, 9.17) is 9.47 Å². The molecule has 7 heteroatoms. The van der Waals surface area contributed by atoms with Gasteiger partial charge in [0.1, 0.15) is 5.82 Å². The standard InChI is InChI=1S/C18H15FN2O4/c19-13-3-1-2-4-14(13)21-18(23)12-8-11(12)17(22)20-10-5-6-15-16(7-10)25-9-24-15/h1-7,11-12H,8-9H2,(H,20,22)(H,21,23). The number of anilines is 2. The lowest BCUT2D eigenvalue weighted by atomic mass is 10.2. The zero-order chi connectivity index (χ0) is 17.4. The van der Waals surface area contributed by atoms with E-state index in [1.165, 1.54) is 12.1 Å². The molecule has 0 bridgehead atoms. The lowest BCUT2D eigenvalue weighted by molar-refractivity contribution is -0.122. The Morgan fingerprint density at radius 3 is 2.48 bits per heavy atom. The summed E-state index contributed by atoms with van der Waals surface area (Å²) in [4.78, 5) is 24.4. The highest BCUT2D eigenvalue weighted by Gasteiger charge is 2.48. The summed E-state index contributed by atoms with van der Waals surface area (Å²) >= 11 is 0. The van der Waals surface area contributed by atoms with Crippen molar-refractivity contribution in [2.45, 2.75) is 6.42 Å². The highest BCUT2D eigenvalue weighted by molar-refractivity contribution is 6.03. The zero-order valence-corrected chi connectivity index (χ0v) is 13.1. The van der Waals surface area contributed by atoms with Gasteiger partial charge in [-0.15, -0.1) is 0 Å². The van der Waals surface area contributed by atoms with Crippen LogP contribution in [0.5, 0.6) is 11.5 Å². The Balaban J connectivity index is 1.35. The molecule has 2 aromatic carbocycles. The van der Waals surface area contributed by atoms with Crippen molar-refractivity contribution in [3.8, 4) is 11.5 Å². The fraction of sp³-hybridized carbons (Fsp3) is 0.222. The van der Waals surface area contributed by atoms with Crippen molar-refractivity contribution in [2.24, 2.45) is 11.8 Å². The van der Waals surface area contributed by atoms with Gasteiger partial charge in [0, 0.05) is 11.8 Å². The van der Waals surface area contributed by atoms with Gasteiger partial charge >= 0.3 is 0 Å². The van der Waals surface area contributed by atoms with E-state index in [0.717, 1.165) is 0 Å². The van der Waals surface area contributed by atoms with Crippen LogP contribution in [0.3, 0.4) is 0 Å². The SMILES string of the molecule is O=C(Nc1ccc2c(c1)OCO2)C1CC1C(=O)Nc1ccccc1F. The molecule has 0 saturated heterocycles. The molecule has 6 nitrogen and oxygen atoms in total. The van der Waals surface area contributed by atoms with E-state index in [-0.39, 0.29) is 24.3 Å². The molecule has 2 aromatic rings. The zero-order valence-electron chi connectivity index (χ0n) is 13.1. The number of benzene rings is 2. The maximum Gasteiger partial charge on any atom is 0.231 e. The number of carbonyl (C=O) groups is 2. The second-order valence-corrected chi connectivity index (χ2v) is 5.98. The number of hydrogen-bond acceptors (Lipinski definition) is 4. The summed E-state index contributed by atoms with van der Waals surface area (Å²) in [6.45, 7) is 0.160. The first kappa shape index (κ1) is 15.4. The Morgan fingerprint density at radius 1 is 0.960 bits per heavy atom. The van der Waals surface area contributed by atoms with Crippen LogP contribution < -0.4 is 20.1 Å². The Labute approximate surface area is 142 Å². The summed E-state index contributed by atoms with van der Waals surface area (Å²) in [5, 5.41) is 5.29. The second kappa shape index (κ2) is 6.08. The summed E-state index contributed by atoms with van der Waals surface area (Å²) in [5.41, 5.74) is 0.698. The first-order chi connectivity index (χ1) is 12.1. The first-order valence-corrected chi connectivity index (χ1v) is 7.88. The van der Waals surface area contributed by atoms with Gasteiger partial charge < -0.3 is 20.1 Å². The average Bonchev–Trinajstić information content (AvgIpc) is 3.28. The van der Waals surface area contributed by atoms with Crippen molar-refractivity contribution in [3.05, 3.63) is 48.3 Å². The number of amides is 2. The lowest BCUT2D eigenvalue weighted by Crippen LogP contribution is -2.21. The number of fused-ring (bicyclic) bond motifs is 1. The average molecular weight is 342 g/mol. The summed E-state index contributed by atoms with van der Waals surface area (Å²) in [5.74, 6) is -0.763. The Kier molecular flexibility index (Phi) is 3.76. The molecular formula is C18H15FN2O4. The highest BCUT2D eigenvalue weighted by Crippen LogP contribution is 2.41. The van der Waals surface area contributed by atoms with E-state index < -0.39 is 17.7 Å². The molecule has 2 amide bonds. The van der Waals surface area contributed by atoms with Crippen LogP contribution in [0, 0.1) is 17.7 Å². The van der Waals surface area contributed by atoms with Crippen molar-refractivity contribution in [1.29, 1.82) is 0 Å². The summed E-state index contributed by atoms with van der Waals surface area (Å²) in [6, 6.07) is 11.0. The van der Waals surface area contributed by atoms with Crippen molar-refractivity contribution < 1.29 is 23.5 Å². The molecule has 0 radical (unpaired) electrons. The molecule has 1 fully saturated rings. The van der Waals surface area contributed by atoms with Crippen molar-refractivity contribution in [2.75, 3.05) is 17.4 Å². The molecule has 1 aliphatic carbocycles. The maximum atomic E-state index is 13.6. The number of rotatable bonds is 4.